The number of imidazole rings is 1. The number of aromatic nitrogens is 3. The van der Waals surface area contributed by atoms with Gasteiger partial charge in [-0.15, -0.1) is 0 Å². The molecule has 4 rings (SSSR count). The molecule has 6 nitrogen and oxygen atoms in total. The first-order chi connectivity index (χ1) is 12.2. The fourth-order valence-corrected chi connectivity index (χ4v) is 3.86. The van der Waals surface area contributed by atoms with Crippen LogP contribution in [0.3, 0.4) is 0 Å². The Bertz CT molecular complexity index is 777. The normalized spacial score (nSPS) is 19.0. The van der Waals surface area contributed by atoms with Crippen molar-refractivity contribution in [2.45, 2.75) is 44.6 Å². The second-order valence-electron chi connectivity index (χ2n) is 7.24. The molecule has 132 valence electrons. The van der Waals surface area contributed by atoms with E-state index in [0.717, 1.165) is 38.4 Å². The number of hydrogen-bond donors (Lipinski definition) is 1. The molecule has 25 heavy (non-hydrogen) atoms. The standard InChI is InChI=1S/C19H24N4O2/c24-17-5-4-16(12-21-17)19(25)22-9-6-15(7-10-22)18-20-8-11-23(18)13-14-2-1-3-14/h4-5,8,11-12,14-15H,1-3,6-7,9-10,13H2,(H,21,24). The molecule has 1 saturated heterocycles. The molecule has 2 aromatic heterocycles. The molecule has 3 heterocycles. The maximum absolute atomic E-state index is 12.5. The molecule has 0 unspecified atom stereocenters. The van der Waals surface area contributed by atoms with Gasteiger partial charge in [0, 0.05) is 50.2 Å². The van der Waals surface area contributed by atoms with Crippen molar-refractivity contribution < 1.29 is 4.79 Å². The van der Waals surface area contributed by atoms with Crippen molar-refractivity contribution in [2.24, 2.45) is 5.92 Å². The van der Waals surface area contributed by atoms with Crippen LogP contribution in [0.1, 0.15) is 54.2 Å². The van der Waals surface area contributed by atoms with E-state index in [9.17, 15) is 9.59 Å². The summed E-state index contributed by atoms with van der Waals surface area (Å²) in [6.45, 7) is 2.56. The van der Waals surface area contributed by atoms with E-state index in [-0.39, 0.29) is 11.5 Å². The number of nitrogens with zero attached hydrogens (tertiary/aromatic N) is 3. The van der Waals surface area contributed by atoms with Crippen molar-refractivity contribution in [3.8, 4) is 0 Å². The summed E-state index contributed by atoms with van der Waals surface area (Å²) < 4.78 is 2.33. The number of amides is 1. The molecular formula is C19H24N4O2. The van der Waals surface area contributed by atoms with Gasteiger partial charge in [0.2, 0.25) is 5.56 Å². The quantitative estimate of drug-likeness (QED) is 0.929. The molecule has 1 saturated carbocycles. The summed E-state index contributed by atoms with van der Waals surface area (Å²) in [6, 6.07) is 3.00. The van der Waals surface area contributed by atoms with Gasteiger partial charge >= 0.3 is 0 Å². The highest BCUT2D eigenvalue weighted by Gasteiger charge is 2.28. The van der Waals surface area contributed by atoms with Crippen LogP contribution in [-0.2, 0) is 6.54 Å². The SMILES string of the molecule is O=C(c1ccc(=O)[nH]c1)N1CCC(c2nccn2CC2CCC2)CC1. The number of hydrogen-bond acceptors (Lipinski definition) is 3. The van der Waals surface area contributed by atoms with Crippen LogP contribution in [0.2, 0.25) is 0 Å². The summed E-state index contributed by atoms with van der Waals surface area (Å²) in [6.07, 6.45) is 11.4. The van der Waals surface area contributed by atoms with Gasteiger partial charge in [0.15, 0.2) is 0 Å². The predicted molar refractivity (Wildman–Crippen MR) is 94.5 cm³/mol. The van der Waals surface area contributed by atoms with Gasteiger partial charge in [-0.25, -0.2) is 4.98 Å². The van der Waals surface area contributed by atoms with Crippen LogP contribution in [0.5, 0.6) is 0 Å². The zero-order valence-electron chi connectivity index (χ0n) is 14.4. The number of carbonyl (C=O) groups is 1. The first-order valence-corrected chi connectivity index (χ1v) is 9.20. The Morgan fingerprint density at radius 2 is 2.00 bits per heavy atom. The molecular weight excluding hydrogens is 316 g/mol. The number of nitrogens with one attached hydrogen (secondary N) is 1. The first-order valence-electron chi connectivity index (χ1n) is 9.20. The molecule has 2 aromatic rings. The molecule has 2 fully saturated rings. The average Bonchev–Trinajstić information content (AvgIpc) is 3.07. The van der Waals surface area contributed by atoms with E-state index in [0.29, 0.717) is 11.5 Å². The topological polar surface area (TPSA) is 71.0 Å². The molecule has 1 N–H and O–H groups in total. The highest BCUT2D eigenvalue weighted by Crippen LogP contribution is 2.31. The van der Waals surface area contributed by atoms with Crippen molar-refractivity contribution in [3.63, 3.8) is 0 Å². The summed E-state index contributed by atoms with van der Waals surface area (Å²) in [4.78, 5) is 32.7. The van der Waals surface area contributed by atoms with Crippen LogP contribution in [0, 0.1) is 5.92 Å². The van der Waals surface area contributed by atoms with Gasteiger partial charge in [-0.3, -0.25) is 9.59 Å². The number of aromatic amines is 1. The van der Waals surface area contributed by atoms with Crippen LogP contribution in [0.4, 0.5) is 0 Å². The highest BCUT2D eigenvalue weighted by molar-refractivity contribution is 5.93. The number of H-pyrrole nitrogens is 1. The van der Waals surface area contributed by atoms with Crippen LogP contribution in [0.15, 0.2) is 35.5 Å². The van der Waals surface area contributed by atoms with Gasteiger partial charge in [0.05, 0.1) is 5.56 Å². The third-order valence-electron chi connectivity index (χ3n) is 5.61. The Kier molecular flexibility index (Phi) is 4.42. The third kappa shape index (κ3) is 3.38. The lowest BCUT2D eigenvalue weighted by Gasteiger charge is -2.33. The van der Waals surface area contributed by atoms with Gasteiger partial charge in [0.1, 0.15) is 5.82 Å². The molecule has 0 bridgehead atoms. The predicted octanol–water partition coefficient (Wildman–Crippen LogP) is 2.39. The summed E-state index contributed by atoms with van der Waals surface area (Å²) in [5.74, 6) is 2.42. The molecule has 0 aromatic carbocycles. The lowest BCUT2D eigenvalue weighted by Crippen LogP contribution is -2.38. The fourth-order valence-electron chi connectivity index (χ4n) is 3.86. The van der Waals surface area contributed by atoms with Gasteiger partial charge in [-0.2, -0.15) is 0 Å². The maximum atomic E-state index is 12.5. The minimum atomic E-state index is -0.187. The number of piperidine rings is 1. The zero-order valence-corrected chi connectivity index (χ0v) is 14.4. The van der Waals surface area contributed by atoms with Gasteiger partial charge in [-0.05, 0) is 37.7 Å². The van der Waals surface area contributed by atoms with Gasteiger partial charge in [-0.1, -0.05) is 6.42 Å². The minimum Gasteiger partial charge on any atom is -0.339 e. The molecule has 0 radical (unpaired) electrons. The number of pyridine rings is 1. The van der Waals surface area contributed by atoms with Crippen molar-refractivity contribution in [3.05, 3.63) is 52.5 Å². The van der Waals surface area contributed by atoms with Gasteiger partial charge < -0.3 is 14.5 Å². The van der Waals surface area contributed by atoms with E-state index in [2.05, 4.69) is 20.7 Å². The Morgan fingerprint density at radius 1 is 1.20 bits per heavy atom. The van der Waals surface area contributed by atoms with Crippen molar-refractivity contribution >= 4 is 5.91 Å². The summed E-state index contributed by atoms with van der Waals surface area (Å²) in [7, 11) is 0. The minimum absolute atomic E-state index is 0.00694. The summed E-state index contributed by atoms with van der Waals surface area (Å²) in [5, 5.41) is 0. The molecule has 1 aliphatic carbocycles. The van der Waals surface area contributed by atoms with E-state index in [1.54, 1.807) is 6.07 Å². The maximum Gasteiger partial charge on any atom is 0.255 e. The largest absolute Gasteiger partial charge is 0.339 e. The molecule has 2 aliphatic rings. The Labute approximate surface area is 146 Å². The van der Waals surface area contributed by atoms with E-state index in [4.69, 9.17) is 0 Å². The van der Waals surface area contributed by atoms with E-state index in [1.807, 2.05) is 11.1 Å². The van der Waals surface area contributed by atoms with E-state index < -0.39 is 0 Å². The Morgan fingerprint density at radius 3 is 2.64 bits per heavy atom. The Hall–Kier alpha value is -2.37. The summed E-state index contributed by atoms with van der Waals surface area (Å²) in [5.41, 5.74) is 0.359. The van der Waals surface area contributed by atoms with Crippen molar-refractivity contribution in [1.29, 1.82) is 0 Å². The monoisotopic (exact) mass is 340 g/mol. The molecule has 0 atom stereocenters. The number of rotatable bonds is 4. The zero-order chi connectivity index (χ0) is 17.2. The number of carbonyl (C=O) groups excluding carboxylic acids is 1. The molecule has 0 spiro atoms. The van der Waals surface area contributed by atoms with Crippen molar-refractivity contribution in [2.75, 3.05) is 13.1 Å². The lowest BCUT2D eigenvalue weighted by molar-refractivity contribution is 0.0709. The molecule has 1 amide bonds. The lowest BCUT2D eigenvalue weighted by atomic mass is 9.85. The second-order valence-corrected chi connectivity index (χ2v) is 7.24. The van der Waals surface area contributed by atoms with Crippen LogP contribution < -0.4 is 5.56 Å². The number of likely N-dealkylation sites (tertiary alicyclic amines) is 1. The average molecular weight is 340 g/mol. The molecule has 1 aliphatic heterocycles. The summed E-state index contributed by atoms with van der Waals surface area (Å²) >= 11 is 0. The second kappa shape index (κ2) is 6.86. The van der Waals surface area contributed by atoms with Crippen LogP contribution >= 0.6 is 0 Å². The van der Waals surface area contributed by atoms with Crippen LogP contribution in [-0.4, -0.2) is 38.4 Å². The molecule has 6 heteroatoms. The van der Waals surface area contributed by atoms with Crippen LogP contribution in [0.25, 0.3) is 0 Å². The van der Waals surface area contributed by atoms with E-state index >= 15 is 0 Å². The van der Waals surface area contributed by atoms with E-state index in [1.165, 1.54) is 37.4 Å². The Balaban J connectivity index is 1.38. The highest BCUT2D eigenvalue weighted by atomic mass is 16.2. The smallest absolute Gasteiger partial charge is 0.255 e. The first kappa shape index (κ1) is 16.1. The van der Waals surface area contributed by atoms with Gasteiger partial charge in [0.25, 0.3) is 5.91 Å². The van der Waals surface area contributed by atoms with Crippen molar-refractivity contribution in [1.82, 2.24) is 19.4 Å². The third-order valence-corrected chi connectivity index (χ3v) is 5.61. The fraction of sp³-hybridized carbons (Fsp3) is 0.526.